The summed E-state index contributed by atoms with van der Waals surface area (Å²) in [6.45, 7) is 0.362. The van der Waals surface area contributed by atoms with E-state index in [1.165, 1.54) is 16.8 Å². The Hall–Kier alpha value is -2.87. The fourth-order valence-electron chi connectivity index (χ4n) is 3.30. The molecule has 32 heavy (non-hydrogen) atoms. The van der Waals surface area contributed by atoms with Crippen LogP contribution in [0.3, 0.4) is 0 Å². The summed E-state index contributed by atoms with van der Waals surface area (Å²) in [4.78, 5) is 34.4. The molecule has 1 fully saturated rings. The lowest BCUT2D eigenvalue weighted by atomic mass is 10.1. The van der Waals surface area contributed by atoms with Crippen LogP contribution < -0.4 is 4.18 Å². The summed E-state index contributed by atoms with van der Waals surface area (Å²) in [5.74, 6) is -1.63. The van der Waals surface area contributed by atoms with E-state index in [4.69, 9.17) is 11.6 Å². The van der Waals surface area contributed by atoms with E-state index < -0.39 is 39.5 Å². The third-order valence-corrected chi connectivity index (χ3v) is 6.03. The van der Waals surface area contributed by atoms with Gasteiger partial charge in [0.05, 0.1) is 22.1 Å². The molecule has 2 amide bonds. The van der Waals surface area contributed by atoms with Gasteiger partial charge in [-0.3, -0.25) is 9.78 Å². The zero-order chi connectivity index (χ0) is 23.8. The van der Waals surface area contributed by atoms with Crippen LogP contribution >= 0.6 is 11.6 Å². The highest BCUT2D eigenvalue weighted by atomic mass is 35.5. The molecule has 0 spiro atoms. The van der Waals surface area contributed by atoms with E-state index in [-0.39, 0.29) is 28.2 Å². The molecule has 0 unspecified atom stereocenters. The topological polar surface area (TPSA) is 130 Å². The highest BCUT2D eigenvalue weighted by Crippen LogP contribution is 2.30. The smallest absolute Gasteiger partial charge is 0.465 e. The number of fused-ring (bicyclic) bond motifs is 1. The summed E-state index contributed by atoms with van der Waals surface area (Å²) in [5.41, 5.74) is -6.14. The van der Waals surface area contributed by atoms with Crippen molar-refractivity contribution in [3.8, 4) is 5.88 Å². The van der Waals surface area contributed by atoms with Gasteiger partial charge in [-0.25, -0.2) is 9.78 Å². The van der Waals surface area contributed by atoms with Crippen molar-refractivity contribution >= 4 is 44.8 Å². The summed E-state index contributed by atoms with van der Waals surface area (Å²) in [6.07, 6.45) is 1.20. The normalized spacial score (nSPS) is 16.9. The molecule has 1 aliphatic rings. The van der Waals surface area contributed by atoms with Gasteiger partial charge >= 0.3 is 21.7 Å². The van der Waals surface area contributed by atoms with E-state index in [0.29, 0.717) is 19.4 Å². The molecule has 0 aromatic carbocycles. The second-order valence-corrected chi connectivity index (χ2v) is 8.88. The van der Waals surface area contributed by atoms with Crippen molar-refractivity contribution in [2.45, 2.75) is 24.4 Å². The SMILES string of the molecule is CN(C[C@@H]1CCCN1C(=O)O)C(=O)c1c(Cl)cnc2ccc(OS(=O)(=O)C(F)(F)F)nc12. The van der Waals surface area contributed by atoms with Crippen molar-refractivity contribution in [2.75, 3.05) is 20.1 Å². The first-order chi connectivity index (χ1) is 14.8. The van der Waals surface area contributed by atoms with Gasteiger partial charge in [0.2, 0.25) is 5.88 Å². The molecule has 1 saturated heterocycles. The zero-order valence-corrected chi connectivity index (χ0v) is 17.9. The maximum Gasteiger partial charge on any atom is 0.534 e. The molecule has 174 valence electrons. The molecule has 1 N–H and O–H groups in total. The minimum Gasteiger partial charge on any atom is -0.465 e. The van der Waals surface area contributed by atoms with Crippen molar-refractivity contribution in [2.24, 2.45) is 0 Å². The largest absolute Gasteiger partial charge is 0.534 e. The second kappa shape index (κ2) is 8.58. The highest BCUT2D eigenvalue weighted by Gasteiger charge is 2.49. The fraction of sp³-hybridized carbons (Fsp3) is 0.412. The number of hydrogen-bond acceptors (Lipinski definition) is 7. The summed E-state index contributed by atoms with van der Waals surface area (Å²) in [6, 6.07) is 1.53. The molecule has 1 atom stereocenters. The average Bonchev–Trinajstić information content (AvgIpc) is 3.14. The number of alkyl halides is 3. The number of hydrogen-bond donors (Lipinski definition) is 1. The number of carboxylic acid groups (broad SMARTS) is 1. The summed E-state index contributed by atoms with van der Waals surface area (Å²) in [7, 11) is -4.58. The Labute approximate surface area is 184 Å². The molecule has 10 nitrogen and oxygen atoms in total. The third-order valence-electron chi connectivity index (χ3n) is 4.79. The van der Waals surface area contributed by atoms with E-state index in [2.05, 4.69) is 14.2 Å². The van der Waals surface area contributed by atoms with Crippen LogP contribution in [0.5, 0.6) is 5.88 Å². The summed E-state index contributed by atoms with van der Waals surface area (Å²) < 4.78 is 64.4. The molecule has 0 bridgehead atoms. The number of likely N-dealkylation sites (N-methyl/N-ethyl adjacent to an activating group) is 1. The minimum absolute atomic E-state index is 0.0317. The number of carbonyl (C=O) groups is 2. The van der Waals surface area contributed by atoms with Crippen LogP contribution in [-0.2, 0) is 10.1 Å². The van der Waals surface area contributed by atoms with Gasteiger partial charge in [0.15, 0.2) is 0 Å². The number of amides is 2. The molecule has 3 heterocycles. The number of rotatable bonds is 5. The van der Waals surface area contributed by atoms with Gasteiger partial charge in [-0.15, -0.1) is 0 Å². The molecule has 0 aliphatic carbocycles. The lowest BCUT2D eigenvalue weighted by Crippen LogP contribution is -2.43. The molecule has 2 aromatic heterocycles. The number of aromatic nitrogens is 2. The predicted octanol–water partition coefficient (Wildman–Crippen LogP) is 2.73. The Morgan fingerprint density at radius 2 is 2.06 bits per heavy atom. The molecule has 0 saturated carbocycles. The van der Waals surface area contributed by atoms with Gasteiger partial charge in [-0.1, -0.05) is 11.6 Å². The van der Waals surface area contributed by atoms with Gasteiger partial charge < -0.3 is 19.1 Å². The Balaban J connectivity index is 1.95. The Morgan fingerprint density at radius 1 is 1.38 bits per heavy atom. The molecule has 15 heteroatoms. The molecule has 2 aromatic rings. The third kappa shape index (κ3) is 4.65. The lowest BCUT2D eigenvalue weighted by molar-refractivity contribution is -0.0501. The molecular formula is C17H16ClF3N4O6S. The van der Waals surface area contributed by atoms with Crippen molar-refractivity contribution in [3.05, 3.63) is 28.9 Å². The number of likely N-dealkylation sites (tertiary alicyclic amines) is 1. The zero-order valence-electron chi connectivity index (χ0n) is 16.3. The first-order valence-electron chi connectivity index (χ1n) is 9.03. The maximum absolute atomic E-state index is 13.1. The number of nitrogens with zero attached hydrogens (tertiary/aromatic N) is 4. The molecular weight excluding hydrogens is 481 g/mol. The van der Waals surface area contributed by atoms with Crippen LogP contribution in [0.1, 0.15) is 23.2 Å². The fourth-order valence-corrected chi connectivity index (χ4v) is 3.93. The van der Waals surface area contributed by atoms with Crippen LogP contribution in [0, 0.1) is 0 Å². The number of carbonyl (C=O) groups excluding carboxylic acids is 1. The van der Waals surface area contributed by atoms with Crippen LogP contribution in [-0.4, -0.2) is 77.0 Å². The van der Waals surface area contributed by atoms with E-state index in [0.717, 1.165) is 18.3 Å². The maximum atomic E-state index is 13.1. The van der Waals surface area contributed by atoms with Gasteiger partial charge in [0.25, 0.3) is 5.91 Å². The van der Waals surface area contributed by atoms with E-state index in [9.17, 15) is 36.3 Å². The first-order valence-corrected chi connectivity index (χ1v) is 10.8. The Bertz CT molecular complexity index is 1180. The van der Waals surface area contributed by atoms with Gasteiger partial charge in [0.1, 0.15) is 5.52 Å². The monoisotopic (exact) mass is 496 g/mol. The average molecular weight is 497 g/mol. The van der Waals surface area contributed by atoms with Crippen LogP contribution in [0.2, 0.25) is 5.02 Å². The standard InChI is InChI=1S/C17H16ClF3N4O6S/c1-24(8-9-3-2-6-25(9)16(27)28)15(26)13-10(18)7-22-11-4-5-12(23-14(11)13)31-32(29,30)17(19,20)21/h4-5,7,9H,2-3,6,8H2,1H3,(H,27,28)/t9-/m0/s1. The van der Waals surface area contributed by atoms with Crippen molar-refractivity contribution < 1.29 is 40.5 Å². The Kier molecular flexibility index (Phi) is 6.38. The van der Waals surface area contributed by atoms with Gasteiger partial charge in [-0.2, -0.15) is 21.6 Å². The van der Waals surface area contributed by atoms with E-state index in [1.54, 1.807) is 0 Å². The van der Waals surface area contributed by atoms with Crippen molar-refractivity contribution in [1.29, 1.82) is 0 Å². The van der Waals surface area contributed by atoms with Crippen LogP contribution in [0.4, 0.5) is 18.0 Å². The van der Waals surface area contributed by atoms with E-state index >= 15 is 0 Å². The summed E-state index contributed by atoms with van der Waals surface area (Å²) in [5, 5.41) is 9.08. The number of pyridine rings is 2. The predicted molar refractivity (Wildman–Crippen MR) is 105 cm³/mol. The Morgan fingerprint density at radius 3 is 2.69 bits per heavy atom. The molecule has 3 rings (SSSR count). The number of halogens is 4. The summed E-state index contributed by atoms with van der Waals surface area (Å²) >= 11 is 6.10. The van der Waals surface area contributed by atoms with Crippen molar-refractivity contribution in [1.82, 2.24) is 19.8 Å². The van der Waals surface area contributed by atoms with Crippen LogP contribution in [0.25, 0.3) is 11.0 Å². The molecule has 1 aliphatic heterocycles. The lowest BCUT2D eigenvalue weighted by Gasteiger charge is -2.27. The van der Waals surface area contributed by atoms with Gasteiger partial charge in [-0.05, 0) is 18.9 Å². The van der Waals surface area contributed by atoms with Crippen LogP contribution in [0.15, 0.2) is 18.3 Å². The second-order valence-electron chi connectivity index (χ2n) is 6.94. The molecule has 0 radical (unpaired) electrons. The van der Waals surface area contributed by atoms with Gasteiger partial charge in [0, 0.05) is 32.4 Å². The quantitative estimate of drug-likeness (QED) is 0.494. The highest BCUT2D eigenvalue weighted by molar-refractivity contribution is 7.87. The van der Waals surface area contributed by atoms with E-state index in [1.807, 2.05) is 0 Å². The minimum atomic E-state index is -5.98. The van der Waals surface area contributed by atoms with Crippen molar-refractivity contribution in [3.63, 3.8) is 0 Å². The first kappa shape index (κ1) is 23.8.